The molecule has 0 spiro atoms. The van der Waals surface area contributed by atoms with Gasteiger partial charge >= 0.3 is 0 Å². The molecule has 0 aliphatic carbocycles. The van der Waals surface area contributed by atoms with Crippen molar-refractivity contribution in [1.82, 2.24) is 0 Å². The van der Waals surface area contributed by atoms with Crippen LogP contribution >= 0.6 is 11.8 Å². The zero-order valence-corrected chi connectivity index (χ0v) is 6.54. The zero-order valence-electron chi connectivity index (χ0n) is 5.72. The third-order valence-corrected chi connectivity index (χ3v) is 2.79. The van der Waals surface area contributed by atoms with Gasteiger partial charge in [-0.05, 0) is 6.92 Å². The first-order valence-corrected chi connectivity index (χ1v) is 4.34. The number of rotatable bonds is 1. The predicted octanol–water partition coefficient (Wildman–Crippen LogP) is 0.467. The van der Waals surface area contributed by atoms with E-state index in [1.54, 1.807) is 0 Å². The Labute approximate surface area is 60.1 Å². The minimum atomic E-state index is -0.0388. The van der Waals surface area contributed by atoms with Gasteiger partial charge in [0.25, 0.3) is 0 Å². The second-order valence-corrected chi connectivity index (χ2v) is 3.66. The lowest BCUT2D eigenvalue weighted by Crippen LogP contribution is -2.43. The maximum atomic E-state index is 5.50. The zero-order chi connectivity index (χ0) is 6.74. The molecule has 54 valence electrons. The monoisotopic (exact) mass is 147 g/mol. The van der Waals surface area contributed by atoms with Gasteiger partial charge in [0.05, 0.1) is 12.2 Å². The third-order valence-electron chi connectivity index (χ3n) is 1.52. The number of thioether (sulfide) groups is 1. The second kappa shape index (κ2) is 2.90. The molecule has 0 saturated carbocycles. The lowest BCUT2D eigenvalue weighted by Gasteiger charge is -2.31. The van der Waals surface area contributed by atoms with E-state index < -0.39 is 0 Å². The Hall–Kier alpha value is 0.270. The van der Waals surface area contributed by atoms with Crippen LogP contribution in [0.25, 0.3) is 0 Å². The van der Waals surface area contributed by atoms with Crippen LogP contribution in [0, 0.1) is 0 Å². The Balaban J connectivity index is 2.37. The molecule has 1 heterocycles. The maximum Gasteiger partial charge on any atom is 0.0866 e. The van der Waals surface area contributed by atoms with Gasteiger partial charge in [0, 0.05) is 18.1 Å². The number of hydrogen-bond acceptors (Lipinski definition) is 3. The van der Waals surface area contributed by atoms with Crippen molar-refractivity contribution in [1.29, 1.82) is 0 Å². The van der Waals surface area contributed by atoms with Gasteiger partial charge in [0.1, 0.15) is 0 Å². The summed E-state index contributed by atoms with van der Waals surface area (Å²) >= 11 is 1.92. The molecule has 0 aromatic carbocycles. The van der Waals surface area contributed by atoms with E-state index in [9.17, 15) is 0 Å². The fourth-order valence-corrected chi connectivity index (χ4v) is 1.77. The van der Waals surface area contributed by atoms with E-state index in [1.165, 1.54) is 0 Å². The highest BCUT2D eigenvalue weighted by molar-refractivity contribution is 7.99. The summed E-state index contributed by atoms with van der Waals surface area (Å²) in [6.07, 6.45) is 0. The van der Waals surface area contributed by atoms with E-state index in [0.29, 0.717) is 6.54 Å². The summed E-state index contributed by atoms with van der Waals surface area (Å²) in [6.45, 7) is 3.57. The SMILES string of the molecule is CC1(CN)CSCCO1. The molecule has 0 aromatic rings. The normalized spacial score (nSPS) is 36.7. The van der Waals surface area contributed by atoms with E-state index in [2.05, 4.69) is 6.92 Å². The van der Waals surface area contributed by atoms with Crippen LogP contribution < -0.4 is 5.73 Å². The van der Waals surface area contributed by atoms with Crippen LogP contribution in [-0.4, -0.2) is 30.3 Å². The summed E-state index contributed by atoms with van der Waals surface area (Å²) in [4.78, 5) is 0. The van der Waals surface area contributed by atoms with Gasteiger partial charge < -0.3 is 10.5 Å². The first-order chi connectivity index (χ1) is 4.27. The Bertz CT molecular complexity index is 91.1. The summed E-state index contributed by atoms with van der Waals surface area (Å²) in [5, 5.41) is 0. The molecule has 2 N–H and O–H groups in total. The van der Waals surface area contributed by atoms with E-state index in [0.717, 1.165) is 18.1 Å². The van der Waals surface area contributed by atoms with Crippen molar-refractivity contribution in [3.05, 3.63) is 0 Å². The van der Waals surface area contributed by atoms with Crippen molar-refractivity contribution in [3.8, 4) is 0 Å². The van der Waals surface area contributed by atoms with Gasteiger partial charge in [-0.2, -0.15) is 11.8 Å². The average molecular weight is 147 g/mol. The molecular weight excluding hydrogens is 134 g/mol. The quantitative estimate of drug-likeness (QED) is 0.585. The Morgan fingerprint density at radius 1 is 1.78 bits per heavy atom. The number of nitrogens with two attached hydrogens (primary N) is 1. The van der Waals surface area contributed by atoms with Crippen molar-refractivity contribution in [2.75, 3.05) is 24.7 Å². The summed E-state index contributed by atoms with van der Waals surface area (Å²) in [6, 6.07) is 0. The van der Waals surface area contributed by atoms with Gasteiger partial charge in [0.2, 0.25) is 0 Å². The molecule has 9 heavy (non-hydrogen) atoms. The minimum absolute atomic E-state index is 0.0388. The lowest BCUT2D eigenvalue weighted by atomic mass is 10.1. The predicted molar refractivity (Wildman–Crippen MR) is 40.7 cm³/mol. The van der Waals surface area contributed by atoms with E-state index >= 15 is 0 Å². The fraction of sp³-hybridized carbons (Fsp3) is 1.00. The van der Waals surface area contributed by atoms with E-state index in [4.69, 9.17) is 10.5 Å². The van der Waals surface area contributed by atoms with Crippen LogP contribution in [0.2, 0.25) is 0 Å². The largest absolute Gasteiger partial charge is 0.372 e. The van der Waals surface area contributed by atoms with E-state index in [-0.39, 0.29) is 5.60 Å². The molecule has 3 heteroatoms. The van der Waals surface area contributed by atoms with Crippen LogP contribution in [0.15, 0.2) is 0 Å². The molecule has 1 fully saturated rings. The molecule has 1 saturated heterocycles. The molecule has 0 bridgehead atoms. The van der Waals surface area contributed by atoms with Crippen molar-refractivity contribution in [2.45, 2.75) is 12.5 Å². The lowest BCUT2D eigenvalue weighted by molar-refractivity contribution is -0.00265. The second-order valence-electron chi connectivity index (χ2n) is 2.56. The van der Waals surface area contributed by atoms with Crippen LogP contribution in [0.3, 0.4) is 0 Å². The molecular formula is C6H13NOS. The molecule has 1 aliphatic rings. The van der Waals surface area contributed by atoms with Gasteiger partial charge in [-0.3, -0.25) is 0 Å². The Morgan fingerprint density at radius 3 is 2.89 bits per heavy atom. The smallest absolute Gasteiger partial charge is 0.0866 e. The van der Waals surface area contributed by atoms with Gasteiger partial charge in [-0.15, -0.1) is 0 Å². The molecule has 1 rings (SSSR count). The van der Waals surface area contributed by atoms with Gasteiger partial charge in [0.15, 0.2) is 0 Å². The summed E-state index contributed by atoms with van der Waals surface area (Å²) in [5.41, 5.74) is 5.46. The van der Waals surface area contributed by atoms with Gasteiger partial charge in [-0.1, -0.05) is 0 Å². The molecule has 1 atom stereocenters. The highest BCUT2D eigenvalue weighted by Crippen LogP contribution is 2.21. The molecule has 0 radical (unpaired) electrons. The van der Waals surface area contributed by atoms with Crippen LogP contribution in [0.5, 0.6) is 0 Å². The molecule has 0 amide bonds. The van der Waals surface area contributed by atoms with Gasteiger partial charge in [-0.25, -0.2) is 0 Å². The van der Waals surface area contributed by atoms with Crippen molar-refractivity contribution in [2.24, 2.45) is 5.73 Å². The number of ether oxygens (including phenoxy) is 1. The van der Waals surface area contributed by atoms with Crippen LogP contribution in [-0.2, 0) is 4.74 Å². The van der Waals surface area contributed by atoms with Crippen molar-refractivity contribution < 1.29 is 4.74 Å². The molecule has 2 nitrogen and oxygen atoms in total. The van der Waals surface area contributed by atoms with Crippen molar-refractivity contribution in [3.63, 3.8) is 0 Å². The first kappa shape index (κ1) is 7.38. The highest BCUT2D eigenvalue weighted by Gasteiger charge is 2.25. The highest BCUT2D eigenvalue weighted by atomic mass is 32.2. The van der Waals surface area contributed by atoms with Crippen LogP contribution in [0.4, 0.5) is 0 Å². The molecule has 0 aromatic heterocycles. The minimum Gasteiger partial charge on any atom is -0.372 e. The van der Waals surface area contributed by atoms with Crippen LogP contribution in [0.1, 0.15) is 6.92 Å². The molecule has 1 aliphatic heterocycles. The first-order valence-electron chi connectivity index (χ1n) is 3.19. The third kappa shape index (κ3) is 1.85. The number of hydrogen-bond donors (Lipinski definition) is 1. The average Bonchev–Trinajstić information content (AvgIpc) is 1.90. The van der Waals surface area contributed by atoms with Crippen molar-refractivity contribution >= 4 is 11.8 Å². The van der Waals surface area contributed by atoms with E-state index in [1.807, 2.05) is 11.8 Å². The topological polar surface area (TPSA) is 35.2 Å². The fourth-order valence-electron chi connectivity index (χ4n) is 0.795. The Morgan fingerprint density at radius 2 is 2.56 bits per heavy atom. The summed E-state index contributed by atoms with van der Waals surface area (Å²) < 4.78 is 5.47. The maximum absolute atomic E-state index is 5.50. The Kier molecular flexibility index (Phi) is 2.38. The standard InChI is InChI=1S/C6H13NOS/c1-6(4-7)5-9-3-2-8-6/h2-5,7H2,1H3. The summed E-state index contributed by atoms with van der Waals surface area (Å²) in [5.74, 6) is 2.17. The molecule has 1 unspecified atom stereocenters. The summed E-state index contributed by atoms with van der Waals surface area (Å²) in [7, 11) is 0.